The molecule has 0 spiro atoms. The Morgan fingerprint density at radius 1 is 1.33 bits per heavy atom. The molecule has 2 rings (SSSR count). The van der Waals surface area contributed by atoms with Crippen molar-refractivity contribution >= 4 is 33.7 Å². The van der Waals surface area contributed by atoms with Crippen molar-refractivity contribution in [3.05, 3.63) is 29.3 Å². The van der Waals surface area contributed by atoms with Gasteiger partial charge >= 0.3 is 5.97 Å². The molecule has 9 heteroatoms. The molecule has 24 heavy (non-hydrogen) atoms. The fourth-order valence-electron chi connectivity index (χ4n) is 1.99. The molecule has 0 bridgehead atoms. The molecule has 0 aliphatic heterocycles. The first-order valence-electron chi connectivity index (χ1n) is 7.50. The van der Waals surface area contributed by atoms with Gasteiger partial charge in [0.2, 0.25) is 10.0 Å². The summed E-state index contributed by atoms with van der Waals surface area (Å²) in [6, 6.07) is 4.47. The zero-order valence-corrected chi connectivity index (χ0v) is 14.9. The highest BCUT2D eigenvalue weighted by molar-refractivity contribution is 7.99. The van der Waals surface area contributed by atoms with E-state index in [0.717, 1.165) is 12.8 Å². The molecule has 1 aromatic carbocycles. The van der Waals surface area contributed by atoms with Crippen LogP contribution in [-0.4, -0.2) is 49.5 Å². The van der Waals surface area contributed by atoms with Crippen LogP contribution in [-0.2, 0) is 14.8 Å². The minimum absolute atomic E-state index is 0.000148. The molecule has 3 N–H and O–H groups in total. The molecular formula is C15H20N2O5S2. The van der Waals surface area contributed by atoms with Crippen molar-refractivity contribution < 1.29 is 23.1 Å². The summed E-state index contributed by atoms with van der Waals surface area (Å²) in [5, 5.41) is 11.2. The molecule has 1 aromatic rings. The molecule has 7 nitrogen and oxygen atoms in total. The molecule has 1 amide bonds. The summed E-state index contributed by atoms with van der Waals surface area (Å²) in [7, 11) is -3.61. The lowest BCUT2D eigenvalue weighted by Gasteiger charge is -2.11. The number of aliphatic carboxylic acids is 1. The van der Waals surface area contributed by atoms with E-state index in [-0.39, 0.29) is 22.6 Å². The molecular weight excluding hydrogens is 352 g/mol. The van der Waals surface area contributed by atoms with Gasteiger partial charge in [0, 0.05) is 23.9 Å². The molecule has 0 aromatic heterocycles. The van der Waals surface area contributed by atoms with E-state index in [9.17, 15) is 18.0 Å². The molecule has 1 aliphatic carbocycles. The highest BCUT2D eigenvalue weighted by Gasteiger charge is 2.28. The van der Waals surface area contributed by atoms with Crippen molar-refractivity contribution in [2.45, 2.75) is 30.7 Å². The van der Waals surface area contributed by atoms with Gasteiger partial charge in [0.15, 0.2) is 0 Å². The number of nitrogens with one attached hydrogen (secondary N) is 2. The first-order valence-corrected chi connectivity index (χ1v) is 10.1. The Kier molecular flexibility index (Phi) is 6.25. The molecule has 1 saturated carbocycles. The van der Waals surface area contributed by atoms with Gasteiger partial charge in [-0.1, -0.05) is 6.07 Å². The molecule has 0 unspecified atom stereocenters. The highest BCUT2D eigenvalue weighted by Crippen LogP contribution is 2.23. The van der Waals surface area contributed by atoms with E-state index in [4.69, 9.17) is 5.11 Å². The average molecular weight is 372 g/mol. The lowest BCUT2D eigenvalue weighted by molar-refractivity contribution is -0.133. The second-order valence-electron chi connectivity index (χ2n) is 5.57. The summed E-state index contributed by atoms with van der Waals surface area (Å²) < 4.78 is 27.0. The normalized spacial score (nSPS) is 14.4. The largest absolute Gasteiger partial charge is 0.481 e. The van der Waals surface area contributed by atoms with Crippen molar-refractivity contribution in [1.29, 1.82) is 0 Å². The molecule has 0 heterocycles. The van der Waals surface area contributed by atoms with Gasteiger partial charge in [0.1, 0.15) is 0 Å². The number of carbonyl (C=O) groups excluding carboxylic acids is 1. The number of aryl methyl sites for hydroxylation is 1. The van der Waals surface area contributed by atoms with E-state index in [1.54, 1.807) is 13.0 Å². The number of carboxylic acids is 1. The number of carbonyl (C=O) groups is 2. The smallest absolute Gasteiger partial charge is 0.313 e. The highest BCUT2D eigenvalue weighted by atomic mass is 32.2. The number of carboxylic acid groups (broad SMARTS) is 1. The summed E-state index contributed by atoms with van der Waals surface area (Å²) in [5.74, 6) is -0.816. The summed E-state index contributed by atoms with van der Waals surface area (Å²) >= 11 is 1.20. The summed E-state index contributed by atoms with van der Waals surface area (Å²) in [5.41, 5.74) is 0.980. The quantitative estimate of drug-likeness (QED) is 0.557. The minimum Gasteiger partial charge on any atom is -0.481 e. The van der Waals surface area contributed by atoms with Crippen molar-refractivity contribution in [2.75, 3.05) is 18.1 Å². The van der Waals surface area contributed by atoms with Crippen LogP contribution in [0.5, 0.6) is 0 Å². The van der Waals surface area contributed by atoms with Gasteiger partial charge in [-0.15, -0.1) is 11.8 Å². The third-order valence-corrected chi connectivity index (χ3v) is 5.88. The summed E-state index contributed by atoms with van der Waals surface area (Å²) in [4.78, 5) is 22.7. The van der Waals surface area contributed by atoms with E-state index in [0.29, 0.717) is 23.4 Å². The number of amides is 1. The van der Waals surface area contributed by atoms with E-state index in [2.05, 4.69) is 10.0 Å². The van der Waals surface area contributed by atoms with Crippen LogP contribution < -0.4 is 10.0 Å². The van der Waals surface area contributed by atoms with Crippen LogP contribution in [0.1, 0.15) is 28.8 Å². The van der Waals surface area contributed by atoms with Crippen LogP contribution >= 0.6 is 11.8 Å². The number of thioether (sulfide) groups is 1. The van der Waals surface area contributed by atoms with Gasteiger partial charge in [-0.3, -0.25) is 9.59 Å². The fraction of sp³-hybridized carbons (Fsp3) is 0.467. The second kappa shape index (κ2) is 8.00. The first-order chi connectivity index (χ1) is 11.3. The van der Waals surface area contributed by atoms with E-state index < -0.39 is 16.0 Å². The third kappa shape index (κ3) is 5.50. The standard InChI is InChI=1S/C15H20N2O5S2/c1-10-2-5-12(24(21,22)17-11-3-4-11)8-13(10)15(20)16-6-7-23-9-14(18)19/h2,5,8,11,17H,3-4,6-7,9H2,1H3,(H,16,20)(H,18,19). The predicted molar refractivity (Wildman–Crippen MR) is 91.8 cm³/mol. The van der Waals surface area contributed by atoms with Gasteiger partial charge in [-0.05, 0) is 37.5 Å². The van der Waals surface area contributed by atoms with E-state index in [1.807, 2.05) is 0 Å². The van der Waals surface area contributed by atoms with Gasteiger partial charge in [0.25, 0.3) is 5.91 Å². The Labute approximate surface area is 145 Å². The molecule has 0 saturated heterocycles. The summed E-state index contributed by atoms with van der Waals surface area (Å²) in [6.45, 7) is 2.05. The topological polar surface area (TPSA) is 113 Å². The Balaban J connectivity index is 1.99. The Bertz CT molecular complexity index is 729. The molecule has 0 radical (unpaired) electrons. The van der Waals surface area contributed by atoms with Crippen LogP contribution in [0.3, 0.4) is 0 Å². The number of rotatable bonds is 9. The van der Waals surface area contributed by atoms with Crippen LogP contribution in [0.25, 0.3) is 0 Å². The zero-order chi connectivity index (χ0) is 17.7. The molecule has 1 fully saturated rings. The zero-order valence-electron chi connectivity index (χ0n) is 13.2. The first kappa shape index (κ1) is 18.8. The SMILES string of the molecule is Cc1ccc(S(=O)(=O)NC2CC2)cc1C(=O)NCCSCC(=O)O. The lowest BCUT2D eigenvalue weighted by Crippen LogP contribution is -2.28. The fourth-order valence-corrected chi connectivity index (χ4v) is 3.89. The second-order valence-corrected chi connectivity index (χ2v) is 8.39. The van der Waals surface area contributed by atoms with E-state index in [1.165, 1.54) is 23.9 Å². The maximum Gasteiger partial charge on any atom is 0.313 e. The van der Waals surface area contributed by atoms with Gasteiger partial charge in [-0.2, -0.15) is 0 Å². The average Bonchev–Trinajstić information content (AvgIpc) is 3.29. The van der Waals surface area contributed by atoms with Gasteiger partial charge in [-0.25, -0.2) is 13.1 Å². The van der Waals surface area contributed by atoms with Gasteiger partial charge in [0.05, 0.1) is 10.6 Å². The number of hydrogen-bond donors (Lipinski definition) is 3. The maximum absolute atomic E-state index is 12.2. The Hall–Kier alpha value is -1.58. The van der Waals surface area contributed by atoms with Crippen LogP contribution in [0.15, 0.2) is 23.1 Å². The number of sulfonamides is 1. The summed E-state index contributed by atoms with van der Waals surface area (Å²) in [6.07, 6.45) is 1.68. The van der Waals surface area contributed by atoms with Crippen LogP contribution in [0.2, 0.25) is 0 Å². The van der Waals surface area contributed by atoms with Gasteiger partial charge < -0.3 is 10.4 Å². The van der Waals surface area contributed by atoms with Crippen LogP contribution in [0, 0.1) is 6.92 Å². The maximum atomic E-state index is 12.2. The minimum atomic E-state index is -3.61. The lowest BCUT2D eigenvalue weighted by atomic mass is 10.1. The molecule has 0 atom stereocenters. The molecule has 132 valence electrons. The predicted octanol–water partition coefficient (Wildman–Crippen LogP) is 0.983. The molecule has 1 aliphatic rings. The van der Waals surface area contributed by atoms with Crippen molar-refractivity contribution in [1.82, 2.24) is 10.0 Å². The Morgan fingerprint density at radius 2 is 2.04 bits per heavy atom. The third-order valence-electron chi connectivity index (χ3n) is 3.42. The van der Waals surface area contributed by atoms with Crippen LogP contribution in [0.4, 0.5) is 0 Å². The monoisotopic (exact) mass is 372 g/mol. The van der Waals surface area contributed by atoms with Crippen molar-refractivity contribution in [2.24, 2.45) is 0 Å². The van der Waals surface area contributed by atoms with E-state index >= 15 is 0 Å². The number of hydrogen-bond acceptors (Lipinski definition) is 5. The van der Waals surface area contributed by atoms with Crippen molar-refractivity contribution in [3.63, 3.8) is 0 Å². The Morgan fingerprint density at radius 3 is 2.67 bits per heavy atom. The number of benzene rings is 1. The van der Waals surface area contributed by atoms with Crippen molar-refractivity contribution in [3.8, 4) is 0 Å².